The number of fused-ring (bicyclic) bond motifs is 4. The first-order valence-corrected chi connectivity index (χ1v) is 11.4. The number of carbonyl (C=O) groups excluding carboxylic acids is 1. The van der Waals surface area contributed by atoms with E-state index in [-0.39, 0.29) is 17.6 Å². The van der Waals surface area contributed by atoms with Crippen molar-refractivity contribution in [3.05, 3.63) is 58.2 Å². The molecular weight excluding hydrogens is 360 g/mol. The molecular formula is C26H32O3. The van der Waals surface area contributed by atoms with Crippen molar-refractivity contribution in [3.8, 4) is 0 Å². The van der Waals surface area contributed by atoms with E-state index in [1.165, 1.54) is 27.8 Å². The molecule has 4 aliphatic carbocycles. The van der Waals surface area contributed by atoms with Gasteiger partial charge in [0.05, 0.1) is 11.7 Å². The van der Waals surface area contributed by atoms with Crippen molar-refractivity contribution in [3.63, 3.8) is 0 Å². The number of hydrogen-bond acceptors (Lipinski definition) is 3. The molecule has 3 nitrogen and oxygen atoms in total. The van der Waals surface area contributed by atoms with Crippen LogP contribution in [0, 0.1) is 11.8 Å². The third-order valence-electron chi connectivity index (χ3n) is 8.18. The minimum atomic E-state index is -0.984. The number of benzene rings is 1. The largest absolute Gasteiger partial charge is 0.390 e. The van der Waals surface area contributed by atoms with Gasteiger partial charge < -0.3 is 10.2 Å². The van der Waals surface area contributed by atoms with Gasteiger partial charge in [0.25, 0.3) is 0 Å². The molecule has 5 atom stereocenters. The van der Waals surface area contributed by atoms with Gasteiger partial charge in [-0.2, -0.15) is 0 Å². The highest BCUT2D eigenvalue weighted by molar-refractivity contribution is 5.93. The van der Waals surface area contributed by atoms with Gasteiger partial charge in [-0.15, -0.1) is 0 Å². The van der Waals surface area contributed by atoms with Crippen molar-refractivity contribution in [1.82, 2.24) is 0 Å². The van der Waals surface area contributed by atoms with Gasteiger partial charge in [0.1, 0.15) is 0 Å². The van der Waals surface area contributed by atoms with E-state index in [1.54, 1.807) is 0 Å². The third-order valence-corrected chi connectivity index (χ3v) is 8.18. The van der Waals surface area contributed by atoms with Gasteiger partial charge in [-0.25, -0.2) is 0 Å². The number of aliphatic hydroxyl groups is 2. The lowest BCUT2D eigenvalue weighted by molar-refractivity contribution is -0.115. The summed E-state index contributed by atoms with van der Waals surface area (Å²) in [5.41, 5.74) is 5.68. The quantitative estimate of drug-likeness (QED) is 0.760. The van der Waals surface area contributed by atoms with Gasteiger partial charge >= 0.3 is 0 Å². The molecule has 0 saturated heterocycles. The number of hydrogen-bond donors (Lipinski definition) is 2. The van der Waals surface area contributed by atoms with Crippen LogP contribution in [0.15, 0.2) is 47.1 Å². The summed E-state index contributed by atoms with van der Waals surface area (Å²) >= 11 is 0. The lowest BCUT2D eigenvalue weighted by Gasteiger charge is -2.50. The molecule has 0 radical (unpaired) electrons. The van der Waals surface area contributed by atoms with Crippen LogP contribution in [0.25, 0.3) is 0 Å². The summed E-state index contributed by atoms with van der Waals surface area (Å²) in [5, 5.41) is 22.3. The van der Waals surface area contributed by atoms with Crippen LogP contribution < -0.4 is 0 Å². The molecule has 0 bridgehead atoms. The molecule has 1 aromatic rings. The zero-order valence-corrected chi connectivity index (χ0v) is 17.5. The molecule has 2 fully saturated rings. The highest BCUT2D eigenvalue weighted by Crippen LogP contribution is 2.60. The Morgan fingerprint density at radius 2 is 1.79 bits per heavy atom. The van der Waals surface area contributed by atoms with Gasteiger partial charge in [0.15, 0.2) is 5.78 Å². The van der Waals surface area contributed by atoms with Crippen molar-refractivity contribution >= 4 is 5.78 Å². The lowest BCUT2D eigenvalue weighted by Crippen LogP contribution is -2.52. The summed E-state index contributed by atoms with van der Waals surface area (Å²) in [4.78, 5) is 12.0. The predicted octanol–water partition coefficient (Wildman–Crippen LogP) is 4.80. The van der Waals surface area contributed by atoms with Crippen LogP contribution in [-0.4, -0.2) is 27.7 Å². The molecule has 1 aromatic carbocycles. The minimum Gasteiger partial charge on any atom is -0.390 e. The fraction of sp³-hybridized carbons (Fsp3) is 0.577. The Bertz CT molecular complexity index is 891. The number of ketones is 1. The molecule has 0 aliphatic heterocycles. The van der Waals surface area contributed by atoms with Crippen molar-refractivity contribution in [2.45, 2.75) is 82.3 Å². The number of allylic oxidation sites excluding steroid dienone is 4. The number of rotatable bonds is 2. The molecule has 2 N–H and O–H groups in total. The maximum absolute atomic E-state index is 12.0. The van der Waals surface area contributed by atoms with E-state index in [1.807, 2.05) is 6.08 Å². The van der Waals surface area contributed by atoms with Gasteiger partial charge in [-0.05, 0) is 84.6 Å². The van der Waals surface area contributed by atoms with Gasteiger partial charge in [0, 0.05) is 12.3 Å². The average Bonchev–Trinajstić information content (AvgIpc) is 3.01. The number of carbonyl (C=O) groups is 1. The topological polar surface area (TPSA) is 57.5 Å². The van der Waals surface area contributed by atoms with Gasteiger partial charge in [-0.3, -0.25) is 4.79 Å². The van der Waals surface area contributed by atoms with E-state index < -0.39 is 11.7 Å². The second-order valence-corrected chi connectivity index (χ2v) is 9.98. The SMILES string of the molecule is CC(C)c1ccc(C2CC3(O)C(O)CCC3C3CCC4=CC(=O)CCC4=C23)cc1. The Balaban J connectivity index is 1.64. The van der Waals surface area contributed by atoms with Crippen LogP contribution in [0.4, 0.5) is 0 Å². The predicted molar refractivity (Wildman–Crippen MR) is 114 cm³/mol. The van der Waals surface area contributed by atoms with Crippen molar-refractivity contribution in [2.75, 3.05) is 0 Å². The summed E-state index contributed by atoms with van der Waals surface area (Å²) in [6.07, 6.45) is 6.80. The highest BCUT2D eigenvalue weighted by atomic mass is 16.3. The third kappa shape index (κ3) is 2.97. The Hall–Kier alpha value is -1.71. The maximum atomic E-state index is 12.0. The molecule has 0 aromatic heterocycles. The molecule has 5 unspecified atom stereocenters. The van der Waals surface area contributed by atoms with Gasteiger partial charge in [0.2, 0.25) is 0 Å². The van der Waals surface area contributed by atoms with Crippen LogP contribution in [0.5, 0.6) is 0 Å². The van der Waals surface area contributed by atoms with E-state index in [0.29, 0.717) is 31.1 Å². The van der Waals surface area contributed by atoms with Crippen LogP contribution in [0.3, 0.4) is 0 Å². The van der Waals surface area contributed by atoms with Crippen molar-refractivity contribution < 1.29 is 15.0 Å². The Morgan fingerprint density at radius 3 is 2.52 bits per heavy atom. The zero-order valence-electron chi connectivity index (χ0n) is 17.5. The fourth-order valence-corrected chi connectivity index (χ4v) is 6.66. The second kappa shape index (κ2) is 6.92. The molecule has 29 heavy (non-hydrogen) atoms. The van der Waals surface area contributed by atoms with E-state index in [2.05, 4.69) is 38.1 Å². The minimum absolute atomic E-state index is 0.127. The summed E-state index contributed by atoms with van der Waals surface area (Å²) < 4.78 is 0. The summed E-state index contributed by atoms with van der Waals surface area (Å²) in [5.74, 6) is 1.33. The molecule has 2 saturated carbocycles. The Labute approximate surface area is 173 Å². The molecule has 0 spiro atoms. The molecule has 0 amide bonds. The van der Waals surface area contributed by atoms with Crippen molar-refractivity contribution in [1.29, 1.82) is 0 Å². The normalized spacial score (nSPS) is 36.6. The van der Waals surface area contributed by atoms with Gasteiger partial charge in [-0.1, -0.05) is 43.7 Å². The molecule has 4 aliphatic rings. The zero-order chi connectivity index (χ0) is 20.3. The summed E-state index contributed by atoms with van der Waals surface area (Å²) in [7, 11) is 0. The highest BCUT2D eigenvalue weighted by Gasteiger charge is 2.58. The van der Waals surface area contributed by atoms with Crippen molar-refractivity contribution in [2.24, 2.45) is 11.8 Å². The second-order valence-electron chi connectivity index (χ2n) is 9.98. The van der Waals surface area contributed by atoms with E-state index in [0.717, 1.165) is 25.7 Å². The number of aliphatic hydroxyl groups excluding tert-OH is 1. The fourth-order valence-electron chi connectivity index (χ4n) is 6.66. The smallest absolute Gasteiger partial charge is 0.156 e. The van der Waals surface area contributed by atoms with Crippen LogP contribution >= 0.6 is 0 Å². The lowest BCUT2D eigenvalue weighted by atomic mass is 9.56. The Morgan fingerprint density at radius 1 is 1.03 bits per heavy atom. The molecule has 3 heteroatoms. The monoisotopic (exact) mass is 392 g/mol. The first-order valence-electron chi connectivity index (χ1n) is 11.4. The molecule has 0 heterocycles. The average molecular weight is 393 g/mol. The first-order chi connectivity index (χ1) is 13.9. The van der Waals surface area contributed by atoms with Crippen LogP contribution in [-0.2, 0) is 4.79 Å². The molecule has 5 rings (SSSR count). The van der Waals surface area contributed by atoms with Crippen LogP contribution in [0.1, 0.15) is 81.8 Å². The summed E-state index contributed by atoms with van der Waals surface area (Å²) in [6, 6.07) is 8.88. The summed E-state index contributed by atoms with van der Waals surface area (Å²) in [6.45, 7) is 4.41. The maximum Gasteiger partial charge on any atom is 0.156 e. The van der Waals surface area contributed by atoms with E-state index >= 15 is 0 Å². The first kappa shape index (κ1) is 19.3. The Kier molecular flexibility index (Phi) is 4.60. The standard InChI is InChI=1S/C26H32O3/c1-15(2)16-3-5-17(6-4-16)22-14-26(29)23(11-12-24(26)28)21-9-7-18-13-19(27)8-10-20(18)25(21)22/h3-6,13,15,21-24,28-29H,7-12,14H2,1-2H3. The molecule has 154 valence electrons. The van der Waals surface area contributed by atoms with E-state index in [4.69, 9.17) is 0 Å². The van der Waals surface area contributed by atoms with Crippen LogP contribution in [0.2, 0.25) is 0 Å². The van der Waals surface area contributed by atoms with E-state index in [9.17, 15) is 15.0 Å².